The second-order valence-electron chi connectivity index (χ2n) is 17.8. The summed E-state index contributed by atoms with van der Waals surface area (Å²) in [6.07, 6.45) is 46.4. The average molecular weight is 816 g/mol. The zero-order valence-electron chi connectivity index (χ0n) is 37.9. The smallest absolute Gasteiger partial charge is 0.387 e. The number of amides is 1. The molecule has 334 valence electrons. The predicted molar refractivity (Wildman–Crippen MR) is 240 cm³/mol. The minimum Gasteiger partial charge on any atom is -0.387 e. The third-order valence-corrected chi connectivity index (χ3v) is 12.0. The molecule has 0 aliphatic carbocycles. The summed E-state index contributed by atoms with van der Waals surface area (Å²) in [5.41, 5.74) is 0. The van der Waals surface area contributed by atoms with Crippen molar-refractivity contribution in [2.45, 2.75) is 244 Å². The van der Waals surface area contributed by atoms with Gasteiger partial charge in [0, 0.05) is 6.42 Å². The number of quaternary nitrogens is 1. The lowest BCUT2D eigenvalue weighted by molar-refractivity contribution is -0.870. The van der Waals surface area contributed by atoms with E-state index in [2.05, 4.69) is 19.2 Å². The zero-order valence-corrected chi connectivity index (χ0v) is 38.8. The number of nitrogens with zero attached hydrogens (tertiary/aromatic N) is 1. The standard InChI is InChI=1S/C47H95N2O6P/c1-6-8-10-12-13-14-15-16-17-18-19-20-21-22-23-24-25-26-27-28-29-30-31-32-33-34-35-37-38-40-46(50)45(48-47(51)41-39-36-11-9-7-2)44-55-56(52,53)54-43-42-49(3,4)5/h38,40,45-46,50H,6-37,39,41-44H2,1-5H3,(H-,48,51,52,53)/p+1/b40-38+. The summed E-state index contributed by atoms with van der Waals surface area (Å²) < 4.78 is 23.4. The molecule has 0 heterocycles. The summed E-state index contributed by atoms with van der Waals surface area (Å²) in [4.78, 5) is 22.8. The Bertz CT molecular complexity index is 927. The average Bonchev–Trinajstić information content (AvgIpc) is 3.15. The number of phosphoric acid groups is 1. The van der Waals surface area contributed by atoms with E-state index in [1.807, 2.05) is 27.2 Å². The van der Waals surface area contributed by atoms with Crippen molar-refractivity contribution >= 4 is 13.7 Å². The van der Waals surface area contributed by atoms with Crippen molar-refractivity contribution in [3.63, 3.8) is 0 Å². The molecule has 0 rings (SSSR count). The van der Waals surface area contributed by atoms with Crippen LogP contribution in [0.15, 0.2) is 12.2 Å². The van der Waals surface area contributed by atoms with E-state index in [0.29, 0.717) is 17.4 Å². The Morgan fingerprint density at radius 2 is 0.946 bits per heavy atom. The molecule has 0 spiro atoms. The molecule has 3 N–H and O–H groups in total. The van der Waals surface area contributed by atoms with Gasteiger partial charge in [-0.15, -0.1) is 0 Å². The number of allylic oxidation sites excluding steroid dienone is 1. The summed E-state index contributed by atoms with van der Waals surface area (Å²) in [5, 5.41) is 13.7. The number of hydrogen-bond donors (Lipinski definition) is 3. The molecule has 0 saturated carbocycles. The maximum Gasteiger partial charge on any atom is 0.472 e. The van der Waals surface area contributed by atoms with Gasteiger partial charge in [-0.25, -0.2) is 4.57 Å². The summed E-state index contributed by atoms with van der Waals surface area (Å²) in [7, 11) is 1.58. The first-order chi connectivity index (χ1) is 27.0. The second kappa shape index (κ2) is 39.7. The van der Waals surface area contributed by atoms with Gasteiger partial charge >= 0.3 is 7.82 Å². The SMILES string of the molecule is CCCCCCCCCCCCCCCCCCCCCCCCCCCCC/C=C/C(O)C(COP(=O)(O)OCC[N+](C)(C)C)NC(=O)CCCCCCC. The quantitative estimate of drug-likeness (QED) is 0.0245. The summed E-state index contributed by atoms with van der Waals surface area (Å²) in [6, 6.07) is -0.837. The van der Waals surface area contributed by atoms with Crippen molar-refractivity contribution in [1.29, 1.82) is 0 Å². The van der Waals surface area contributed by atoms with Crippen LogP contribution in [0.3, 0.4) is 0 Å². The van der Waals surface area contributed by atoms with Gasteiger partial charge in [0.2, 0.25) is 5.91 Å². The molecule has 3 unspecified atom stereocenters. The Hall–Kier alpha value is -0.760. The van der Waals surface area contributed by atoms with E-state index >= 15 is 0 Å². The largest absolute Gasteiger partial charge is 0.472 e. The highest BCUT2D eigenvalue weighted by atomic mass is 31.2. The summed E-state index contributed by atoms with van der Waals surface area (Å²) in [5.74, 6) is -0.188. The fourth-order valence-electron chi connectivity index (χ4n) is 7.16. The second-order valence-corrected chi connectivity index (χ2v) is 19.3. The minimum atomic E-state index is -4.32. The first-order valence-corrected chi connectivity index (χ1v) is 25.6. The van der Waals surface area contributed by atoms with Crippen molar-refractivity contribution in [2.75, 3.05) is 40.9 Å². The lowest BCUT2D eigenvalue weighted by Crippen LogP contribution is -2.45. The molecule has 0 aromatic heterocycles. The summed E-state index contributed by atoms with van der Waals surface area (Å²) in [6.45, 7) is 4.74. The molecule has 0 aliphatic heterocycles. The number of rotatable bonds is 44. The molecule has 0 aromatic rings. The van der Waals surface area contributed by atoms with Crippen molar-refractivity contribution in [3.05, 3.63) is 12.2 Å². The van der Waals surface area contributed by atoms with E-state index in [1.165, 1.54) is 167 Å². The normalized spacial score (nSPS) is 14.3. The van der Waals surface area contributed by atoms with Crippen LogP contribution in [0.1, 0.15) is 232 Å². The number of carbonyl (C=O) groups is 1. The van der Waals surface area contributed by atoms with Gasteiger partial charge in [-0.1, -0.05) is 219 Å². The van der Waals surface area contributed by atoms with E-state index in [4.69, 9.17) is 9.05 Å². The third-order valence-electron chi connectivity index (χ3n) is 11.0. The van der Waals surface area contributed by atoms with Crippen LogP contribution in [0.4, 0.5) is 0 Å². The topological polar surface area (TPSA) is 105 Å². The Balaban J connectivity index is 3.93. The highest BCUT2D eigenvalue weighted by Crippen LogP contribution is 2.43. The molecule has 0 aliphatic rings. The van der Waals surface area contributed by atoms with Crippen LogP contribution in [0, 0.1) is 0 Å². The molecule has 8 nitrogen and oxygen atoms in total. The number of carbonyl (C=O) groups excluding carboxylic acids is 1. The van der Waals surface area contributed by atoms with E-state index in [-0.39, 0.29) is 19.1 Å². The van der Waals surface area contributed by atoms with Crippen LogP contribution in [0.5, 0.6) is 0 Å². The number of likely N-dealkylation sites (N-methyl/N-ethyl adjacent to an activating group) is 1. The summed E-state index contributed by atoms with van der Waals surface area (Å²) >= 11 is 0. The maximum atomic E-state index is 12.6. The molecule has 0 aromatic carbocycles. The molecule has 0 saturated heterocycles. The molecule has 3 atom stereocenters. The number of aliphatic hydroxyl groups excluding tert-OH is 1. The predicted octanol–water partition coefficient (Wildman–Crippen LogP) is 13.5. The highest BCUT2D eigenvalue weighted by Gasteiger charge is 2.27. The maximum absolute atomic E-state index is 12.6. The van der Waals surface area contributed by atoms with Crippen LogP contribution in [0.2, 0.25) is 0 Å². The highest BCUT2D eigenvalue weighted by molar-refractivity contribution is 7.47. The van der Waals surface area contributed by atoms with Crippen LogP contribution < -0.4 is 5.32 Å². The zero-order chi connectivity index (χ0) is 41.4. The molecule has 0 bridgehead atoms. The molecule has 9 heteroatoms. The van der Waals surface area contributed by atoms with E-state index in [0.717, 1.165) is 44.9 Å². The molecular weight excluding hydrogens is 719 g/mol. The molecular formula is C47H96N2O6P+. The van der Waals surface area contributed by atoms with Crippen molar-refractivity contribution in [2.24, 2.45) is 0 Å². The lowest BCUT2D eigenvalue weighted by Gasteiger charge is -2.25. The van der Waals surface area contributed by atoms with E-state index in [9.17, 15) is 19.4 Å². The Morgan fingerprint density at radius 3 is 1.32 bits per heavy atom. The fourth-order valence-corrected chi connectivity index (χ4v) is 7.90. The van der Waals surface area contributed by atoms with Gasteiger partial charge in [-0.3, -0.25) is 13.8 Å². The Morgan fingerprint density at radius 1 is 0.589 bits per heavy atom. The monoisotopic (exact) mass is 816 g/mol. The molecule has 1 amide bonds. The Labute approximate surface area is 348 Å². The first kappa shape index (κ1) is 55.2. The van der Waals surface area contributed by atoms with Gasteiger partial charge in [-0.05, 0) is 19.3 Å². The molecule has 0 radical (unpaired) electrons. The number of unbranched alkanes of at least 4 members (excludes halogenated alkanes) is 31. The lowest BCUT2D eigenvalue weighted by atomic mass is 10.0. The van der Waals surface area contributed by atoms with Gasteiger partial charge in [0.25, 0.3) is 0 Å². The van der Waals surface area contributed by atoms with Gasteiger partial charge in [-0.2, -0.15) is 0 Å². The van der Waals surface area contributed by atoms with Crippen molar-refractivity contribution in [1.82, 2.24) is 5.32 Å². The fraction of sp³-hybridized carbons (Fsp3) is 0.936. The number of phosphoric ester groups is 1. The van der Waals surface area contributed by atoms with Crippen molar-refractivity contribution in [3.8, 4) is 0 Å². The number of hydrogen-bond acceptors (Lipinski definition) is 5. The van der Waals surface area contributed by atoms with Crippen LogP contribution in [-0.2, 0) is 18.4 Å². The Kier molecular flexibility index (Phi) is 39.1. The van der Waals surface area contributed by atoms with Crippen LogP contribution in [0.25, 0.3) is 0 Å². The van der Waals surface area contributed by atoms with E-state index in [1.54, 1.807) is 6.08 Å². The third kappa shape index (κ3) is 41.4. The van der Waals surface area contributed by atoms with E-state index < -0.39 is 20.0 Å². The van der Waals surface area contributed by atoms with Crippen LogP contribution >= 0.6 is 7.82 Å². The van der Waals surface area contributed by atoms with Gasteiger partial charge < -0.3 is 19.8 Å². The van der Waals surface area contributed by atoms with Crippen LogP contribution in [-0.4, -0.2) is 73.4 Å². The minimum absolute atomic E-state index is 0.0637. The first-order valence-electron chi connectivity index (χ1n) is 24.1. The molecule has 56 heavy (non-hydrogen) atoms. The van der Waals surface area contributed by atoms with Gasteiger partial charge in [0.1, 0.15) is 13.2 Å². The molecule has 0 fully saturated rings. The number of nitrogens with one attached hydrogen (secondary N) is 1. The van der Waals surface area contributed by atoms with Gasteiger partial charge in [0.15, 0.2) is 0 Å². The van der Waals surface area contributed by atoms with Crippen molar-refractivity contribution < 1.29 is 32.9 Å². The van der Waals surface area contributed by atoms with Gasteiger partial charge in [0.05, 0.1) is 39.9 Å². The number of aliphatic hydroxyl groups is 1.